The molecule has 2 unspecified atom stereocenters. The highest BCUT2D eigenvalue weighted by Crippen LogP contribution is 2.52. The van der Waals surface area contributed by atoms with Crippen molar-refractivity contribution in [2.24, 2.45) is 24.8 Å². The fourth-order valence-corrected chi connectivity index (χ4v) is 6.13. The summed E-state index contributed by atoms with van der Waals surface area (Å²) >= 11 is 0. The van der Waals surface area contributed by atoms with Crippen LogP contribution in [0.3, 0.4) is 0 Å². The number of benzene rings is 1. The van der Waals surface area contributed by atoms with E-state index in [9.17, 15) is 5.11 Å². The number of nitrogens with zero attached hydrogens (tertiary/aromatic N) is 2. The molecule has 4 nitrogen and oxygen atoms in total. The van der Waals surface area contributed by atoms with Crippen molar-refractivity contribution in [1.29, 1.82) is 0 Å². The number of piperidine rings is 1. The summed E-state index contributed by atoms with van der Waals surface area (Å²) < 4.78 is 8.21. The van der Waals surface area contributed by atoms with Crippen molar-refractivity contribution in [3.05, 3.63) is 35.5 Å². The predicted octanol–water partition coefficient (Wildman–Crippen LogP) is 3.09. The van der Waals surface area contributed by atoms with E-state index in [0.29, 0.717) is 30.5 Å². The molecule has 2 saturated heterocycles. The van der Waals surface area contributed by atoms with Gasteiger partial charge in [-0.25, -0.2) is 0 Å². The highest BCUT2D eigenvalue weighted by molar-refractivity contribution is 5.86. The molecule has 2 fully saturated rings. The Kier molecular flexibility index (Phi) is 3.53. The van der Waals surface area contributed by atoms with Gasteiger partial charge in [-0.15, -0.1) is 0 Å². The summed E-state index contributed by atoms with van der Waals surface area (Å²) in [5.41, 5.74) is 4.39. The molecule has 0 aliphatic carbocycles. The van der Waals surface area contributed by atoms with E-state index in [4.69, 9.17) is 4.74 Å². The number of aryl methyl sites for hydroxylation is 1. The lowest BCUT2D eigenvalue weighted by atomic mass is 9.64. The molecule has 3 aliphatic rings. The Hall–Kier alpha value is -1.36. The molecule has 6 atom stereocenters. The molecule has 25 heavy (non-hydrogen) atoms. The first-order valence-electron chi connectivity index (χ1n) is 9.69. The first-order chi connectivity index (χ1) is 12.1. The Morgan fingerprint density at radius 2 is 2.00 bits per heavy atom. The molecule has 4 heterocycles. The SMILES string of the molecule is CCC1C(O)OC[C@@H]2[C@H]1C[C@H]1c3c(c4ccccc4n3C)C[C@@H]2N1C. The van der Waals surface area contributed by atoms with E-state index < -0.39 is 6.29 Å². The zero-order chi connectivity index (χ0) is 17.3. The number of fused-ring (bicyclic) bond motifs is 8. The van der Waals surface area contributed by atoms with Gasteiger partial charge in [-0.3, -0.25) is 4.90 Å². The average Bonchev–Trinajstić information content (AvgIpc) is 2.88. The maximum Gasteiger partial charge on any atom is 0.157 e. The lowest BCUT2D eigenvalue weighted by Crippen LogP contribution is -2.59. The van der Waals surface area contributed by atoms with Crippen LogP contribution < -0.4 is 0 Å². The molecule has 4 heteroatoms. The minimum absolute atomic E-state index is 0.272. The third-order valence-corrected chi connectivity index (χ3v) is 7.39. The molecule has 2 bridgehead atoms. The largest absolute Gasteiger partial charge is 0.368 e. The van der Waals surface area contributed by atoms with Gasteiger partial charge >= 0.3 is 0 Å². The van der Waals surface area contributed by atoms with Crippen molar-refractivity contribution < 1.29 is 9.84 Å². The van der Waals surface area contributed by atoms with Crippen LogP contribution in [0.4, 0.5) is 0 Å². The van der Waals surface area contributed by atoms with Crippen LogP contribution in [-0.2, 0) is 18.2 Å². The van der Waals surface area contributed by atoms with Gasteiger partial charge in [0.15, 0.2) is 6.29 Å². The number of para-hydroxylation sites is 1. The Morgan fingerprint density at radius 3 is 2.80 bits per heavy atom. The summed E-state index contributed by atoms with van der Waals surface area (Å²) in [4.78, 5) is 2.59. The minimum atomic E-state index is -0.581. The topological polar surface area (TPSA) is 37.6 Å². The first kappa shape index (κ1) is 15.9. The summed E-state index contributed by atoms with van der Waals surface area (Å²) in [5, 5.41) is 11.8. The van der Waals surface area contributed by atoms with Gasteiger partial charge in [0.1, 0.15) is 0 Å². The van der Waals surface area contributed by atoms with Crippen LogP contribution in [-0.4, -0.2) is 40.6 Å². The van der Waals surface area contributed by atoms with Crippen LogP contribution in [0.2, 0.25) is 0 Å². The Balaban J connectivity index is 1.65. The van der Waals surface area contributed by atoms with E-state index in [-0.39, 0.29) is 5.92 Å². The molecule has 0 radical (unpaired) electrons. The molecule has 0 amide bonds. The van der Waals surface area contributed by atoms with Crippen LogP contribution in [0.5, 0.6) is 0 Å². The van der Waals surface area contributed by atoms with Gasteiger partial charge in [0.25, 0.3) is 0 Å². The van der Waals surface area contributed by atoms with E-state index >= 15 is 0 Å². The number of aliphatic hydroxyl groups is 1. The van der Waals surface area contributed by atoms with E-state index in [1.165, 1.54) is 16.6 Å². The number of aromatic nitrogens is 1. The third-order valence-electron chi connectivity index (χ3n) is 7.39. The molecular formula is C21H28N2O2. The molecule has 1 aromatic carbocycles. The zero-order valence-corrected chi connectivity index (χ0v) is 15.4. The van der Waals surface area contributed by atoms with Crippen LogP contribution in [0, 0.1) is 17.8 Å². The van der Waals surface area contributed by atoms with Crippen molar-refractivity contribution >= 4 is 10.9 Å². The zero-order valence-electron chi connectivity index (χ0n) is 15.4. The van der Waals surface area contributed by atoms with E-state index in [1.807, 2.05) is 0 Å². The third kappa shape index (κ3) is 2.05. The summed E-state index contributed by atoms with van der Waals surface area (Å²) in [5.74, 6) is 1.36. The lowest BCUT2D eigenvalue weighted by Gasteiger charge is -2.56. The monoisotopic (exact) mass is 340 g/mol. The van der Waals surface area contributed by atoms with Crippen molar-refractivity contribution in [1.82, 2.24) is 9.47 Å². The minimum Gasteiger partial charge on any atom is -0.368 e. The molecule has 3 aliphatic heterocycles. The lowest BCUT2D eigenvalue weighted by molar-refractivity contribution is -0.222. The summed E-state index contributed by atoms with van der Waals surface area (Å²) in [6.07, 6.45) is 2.64. The Morgan fingerprint density at radius 1 is 1.20 bits per heavy atom. The highest BCUT2D eigenvalue weighted by atomic mass is 16.6. The maximum absolute atomic E-state index is 10.4. The van der Waals surface area contributed by atoms with E-state index in [2.05, 4.69) is 54.8 Å². The summed E-state index contributed by atoms with van der Waals surface area (Å²) in [6, 6.07) is 9.79. The highest BCUT2D eigenvalue weighted by Gasteiger charge is 2.52. The summed E-state index contributed by atoms with van der Waals surface area (Å²) in [6.45, 7) is 2.89. The van der Waals surface area contributed by atoms with Crippen LogP contribution in [0.25, 0.3) is 10.9 Å². The van der Waals surface area contributed by atoms with Gasteiger partial charge in [0.2, 0.25) is 0 Å². The molecule has 2 aromatic rings. The second-order valence-corrected chi connectivity index (χ2v) is 8.25. The molecular weight excluding hydrogens is 312 g/mol. The second kappa shape index (κ2) is 5.57. The quantitative estimate of drug-likeness (QED) is 0.867. The molecule has 134 valence electrons. The smallest absolute Gasteiger partial charge is 0.157 e. The number of hydrogen-bond donors (Lipinski definition) is 1. The molecule has 1 N–H and O–H groups in total. The number of likely N-dealkylation sites (N-methyl/N-ethyl adjacent to an activating group) is 1. The number of ether oxygens (including phenoxy) is 1. The average molecular weight is 340 g/mol. The van der Waals surface area contributed by atoms with Gasteiger partial charge < -0.3 is 14.4 Å². The van der Waals surface area contributed by atoms with E-state index in [1.54, 1.807) is 5.56 Å². The van der Waals surface area contributed by atoms with Gasteiger partial charge in [0, 0.05) is 41.5 Å². The van der Waals surface area contributed by atoms with Crippen LogP contribution in [0.1, 0.15) is 37.1 Å². The van der Waals surface area contributed by atoms with E-state index in [0.717, 1.165) is 19.3 Å². The fourth-order valence-electron chi connectivity index (χ4n) is 6.13. The van der Waals surface area contributed by atoms with Crippen molar-refractivity contribution in [3.8, 4) is 0 Å². The molecule has 1 aromatic heterocycles. The standard InChI is InChI=1S/C21H28N2O2/c1-4-12-14-9-19-20-15(13-7-5-6-8-17(13)23(20)3)10-18(22(19)2)16(14)11-25-21(12)24/h5-8,12,14,16,18-19,21,24H,4,9-11H2,1-3H3/t12?,14-,16+,18-,19-,21?/m0/s1. The van der Waals surface area contributed by atoms with Gasteiger partial charge in [0.05, 0.1) is 12.6 Å². The van der Waals surface area contributed by atoms with Crippen LogP contribution in [0.15, 0.2) is 24.3 Å². The van der Waals surface area contributed by atoms with Gasteiger partial charge in [-0.1, -0.05) is 25.1 Å². The normalized spacial score (nSPS) is 37.8. The number of rotatable bonds is 1. The molecule has 0 saturated carbocycles. The molecule has 5 rings (SSSR count). The van der Waals surface area contributed by atoms with Crippen molar-refractivity contribution in [3.63, 3.8) is 0 Å². The summed E-state index contributed by atoms with van der Waals surface area (Å²) in [7, 11) is 4.51. The van der Waals surface area contributed by atoms with Gasteiger partial charge in [-0.2, -0.15) is 0 Å². The maximum atomic E-state index is 10.4. The fraction of sp³-hybridized carbons (Fsp3) is 0.619. The molecule has 0 spiro atoms. The van der Waals surface area contributed by atoms with Crippen molar-refractivity contribution in [2.45, 2.75) is 44.6 Å². The predicted molar refractivity (Wildman–Crippen MR) is 98.3 cm³/mol. The number of hydrogen-bond acceptors (Lipinski definition) is 3. The van der Waals surface area contributed by atoms with Gasteiger partial charge in [-0.05, 0) is 43.9 Å². The Labute approximate surface area is 149 Å². The van der Waals surface area contributed by atoms with Crippen LogP contribution >= 0.6 is 0 Å². The Bertz CT molecular complexity index is 814. The van der Waals surface area contributed by atoms with Crippen molar-refractivity contribution in [2.75, 3.05) is 13.7 Å². The second-order valence-electron chi connectivity index (χ2n) is 8.25. The first-order valence-corrected chi connectivity index (χ1v) is 9.69. The number of aliphatic hydroxyl groups excluding tert-OH is 1.